The number of rotatable bonds is 7. The largest absolute Gasteiger partial charge is 0.496 e. The Balaban J connectivity index is 2.07. The second kappa shape index (κ2) is 9.85. The standard InChI is InChI=1S/C20H18Cl2F3NO2/c1-28-18-10-8-13(7-9-15-16(21)5-2-6-17(15)22)12-14(18)4-3-11-26-19(27)20(23,24)25/h2,5-10,12H,3-4,11H2,1H3,(H,26,27)/b9-7+. The number of benzene rings is 2. The number of carbonyl (C=O) groups is 1. The summed E-state index contributed by atoms with van der Waals surface area (Å²) in [7, 11) is 1.52. The number of carbonyl (C=O) groups excluding carboxylic acids is 1. The maximum absolute atomic E-state index is 12.2. The van der Waals surface area contributed by atoms with E-state index in [2.05, 4.69) is 0 Å². The molecule has 0 aliphatic rings. The van der Waals surface area contributed by atoms with Gasteiger partial charge in [-0.1, -0.05) is 47.5 Å². The highest BCUT2D eigenvalue weighted by Crippen LogP contribution is 2.27. The molecule has 0 fully saturated rings. The highest BCUT2D eigenvalue weighted by molar-refractivity contribution is 6.37. The van der Waals surface area contributed by atoms with Crippen LogP contribution in [0.4, 0.5) is 13.2 Å². The molecule has 0 saturated heterocycles. The molecule has 2 aromatic carbocycles. The SMILES string of the molecule is COc1ccc(/C=C/c2c(Cl)cccc2Cl)cc1CCCNC(=O)C(F)(F)F. The predicted molar refractivity (Wildman–Crippen MR) is 106 cm³/mol. The zero-order chi connectivity index (χ0) is 20.7. The smallest absolute Gasteiger partial charge is 0.471 e. The summed E-state index contributed by atoms with van der Waals surface area (Å²) >= 11 is 12.3. The van der Waals surface area contributed by atoms with Gasteiger partial charge in [0.05, 0.1) is 7.11 Å². The van der Waals surface area contributed by atoms with E-state index in [1.165, 1.54) is 7.11 Å². The molecular formula is C20H18Cl2F3NO2. The lowest BCUT2D eigenvalue weighted by Gasteiger charge is -2.11. The molecule has 0 spiro atoms. The van der Waals surface area contributed by atoms with Crippen molar-refractivity contribution in [1.82, 2.24) is 5.32 Å². The first-order chi connectivity index (χ1) is 13.2. The summed E-state index contributed by atoms with van der Waals surface area (Å²) < 4.78 is 41.9. The van der Waals surface area contributed by atoms with Crippen molar-refractivity contribution < 1.29 is 22.7 Å². The molecule has 0 saturated carbocycles. The zero-order valence-corrected chi connectivity index (χ0v) is 16.5. The molecule has 3 nitrogen and oxygen atoms in total. The van der Waals surface area contributed by atoms with E-state index in [0.29, 0.717) is 34.2 Å². The van der Waals surface area contributed by atoms with Crippen molar-refractivity contribution in [2.45, 2.75) is 19.0 Å². The van der Waals surface area contributed by atoms with Crippen LogP contribution in [0.5, 0.6) is 5.75 Å². The summed E-state index contributed by atoms with van der Waals surface area (Å²) in [4.78, 5) is 10.8. The number of methoxy groups -OCH3 is 1. The number of aryl methyl sites for hydroxylation is 1. The summed E-state index contributed by atoms with van der Waals surface area (Å²) in [6, 6.07) is 10.7. The van der Waals surface area contributed by atoms with Crippen molar-refractivity contribution >= 4 is 41.3 Å². The van der Waals surface area contributed by atoms with E-state index in [0.717, 1.165) is 11.1 Å². The van der Waals surface area contributed by atoms with E-state index < -0.39 is 12.1 Å². The Morgan fingerprint density at radius 2 is 1.82 bits per heavy atom. The third kappa shape index (κ3) is 6.17. The lowest BCUT2D eigenvalue weighted by atomic mass is 10.0. The monoisotopic (exact) mass is 431 g/mol. The van der Waals surface area contributed by atoms with Crippen LogP contribution >= 0.6 is 23.2 Å². The average molecular weight is 432 g/mol. The first kappa shape index (κ1) is 22.1. The molecule has 0 heterocycles. The molecule has 0 radical (unpaired) electrons. The zero-order valence-electron chi connectivity index (χ0n) is 14.9. The van der Waals surface area contributed by atoms with Crippen LogP contribution in [0, 0.1) is 0 Å². The van der Waals surface area contributed by atoms with E-state index in [1.54, 1.807) is 30.3 Å². The Hall–Kier alpha value is -2.18. The fraction of sp³-hybridized carbons (Fsp3) is 0.250. The van der Waals surface area contributed by atoms with E-state index in [1.807, 2.05) is 23.5 Å². The van der Waals surface area contributed by atoms with E-state index in [4.69, 9.17) is 27.9 Å². The minimum atomic E-state index is -4.87. The molecule has 0 aliphatic carbocycles. The second-order valence-corrected chi connectivity index (χ2v) is 6.71. The lowest BCUT2D eigenvalue weighted by molar-refractivity contribution is -0.173. The van der Waals surface area contributed by atoms with Crippen LogP contribution in [-0.2, 0) is 11.2 Å². The molecule has 0 bridgehead atoms. The van der Waals surface area contributed by atoms with Gasteiger partial charge < -0.3 is 10.1 Å². The fourth-order valence-corrected chi connectivity index (χ4v) is 3.05. The maximum atomic E-state index is 12.2. The van der Waals surface area contributed by atoms with Gasteiger partial charge in [-0.25, -0.2) is 0 Å². The van der Waals surface area contributed by atoms with Crippen molar-refractivity contribution in [2.24, 2.45) is 0 Å². The number of ether oxygens (including phenoxy) is 1. The van der Waals surface area contributed by atoms with Crippen LogP contribution < -0.4 is 10.1 Å². The van der Waals surface area contributed by atoms with Crippen molar-refractivity contribution in [3.05, 3.63) is 63.1 Å². The normalized spacial score (nSPS) is 11.6. The second-order valence-electron chi connectivity index (χ2n) is 5.90. The highest BCUT2D eigenvalue weighted by atomic mass is 35.5. The van der Waals surface area contributed by atoms with Gasteiger partial charge in [0.1, 0.15) is 5.75 Å². The molecule has 1 N–H and O–H groups in total. The minimum absolute atomic E-state index is 0.0865. The van der Waals surface area contributed by atoms with Crippen molar-refractivity contribution in [3.8, 4) is 5.75 Å². The van der Waals surface area contributed by atoms with E-state index in [9.17, 15) is 18.0 Å². The molecule has 0 unspecified atom stereocenters. The first-order valence-electron chi connectivity index (χ1n) is 8.36. The lowest BCUT2D eigenvalue weighted by Crippen LogP contribution is -2.37. The molecule has 28 heavy (non-hydrogen) atoms. The van der Waals surface area contributed by atoms with Crippen LogP contribution in [0.2, 0.25) is 10.0 Å². The van der Waals surface area contributed by atoms with Gasteiger partial charge in [0.15, 0.2) is 0 Å². The van der Waals surface area contributed by atoms with Gasteiger partial charge in [-0.05, 0) is 48.2 Å². The summed E-state index contributed by atoms with van der Waals surface area (Å²) in [5.41, 5.74) is 2.36. The van der Waals surface area contributed by atoms with E-state index in [-0.39, 0.29) is 6.54 Å². The summed E-state index contributed by atoms with van der Waals surface area (Å²) in [6.45, 7) is -0.0865. The van der Waals surface area contributed by atoms with Crippen molar-refractivity contribution in [1.29, 1.82) is 0 Å². The molecule has 0 aromatic heterocycles. The Morgan fingerprint density at radius 3 is 2.43 bits per heavy atom. The van der Waals surface area contributed by atoms with Gasteiger partial charge in [-0.3, -0.25) is 4.79 Å². The van der Waals surface area contributed by atoms with Crippen LogP contribution in [0.1, 0.15) is 23.1 Å². The number of hydrogen-bond acceptors (Lipinski definition) is 2. The van der Waals surface area contributed by atoms with Gasteiger partial charge in [0.25, 0.3) is 0 Å². The molecule has 0 aliphatic heterocycles. The quantitative estimate of drug-likeness (QED) is 0.445. The number of hydrogen-bond donors (Lipinski definition) is 1. The van der Waals surface area contributed by atoms with Gasteiger partial charge in [0, 0.05) is 22.2 Å². The third-order valence-electron chi connectivity index (χ3n) is 3.91. The molecule has 2 aromatic rings. The first-order valence-corrected chi connectivity index (χ1v) is 9.12. The Morgan fingerprint density at radius 1 is 1.14 bits per heavy atom. The number of alkyl halides is 3. The van der Waals surface area contributed by atoms with Crippen LogP contribution in [-0.4, -0.2) is 25.7 Å². The number of amides is 1. The molecule has 150 valence electrons. The molecule has 0 atom stereocenters. The summed E-state index contributed by atoms with van der Waals surface area (Å²) in [5, 5.41) is 2.91. The summed E-state index contributed by atoms with van der Waals surface area (Å²) in [5.74, 6) is -1.32. The Labute approximate surface area is 171 Å². The fourth-order valence-electron chi connectivity index (χ4n) is 2.53. The van der Waals surface area contributed by atoms with Crippen LogP contribution in [0.25, 0.3) is 12.2 Å². The molecular weight excluding hydrogens is 414 g/mol. The summed E-state index contributed by atoms with van der Waals surface area (Å²) in [6.07, 6.45) is -0.471. The topological polar surface area (TPSA) is 38.3 Å². The maximum Gasteiger partial charge on any atom is 0.471 e. The third-order valence-corrected chi connectivity index (χ3v) is 4.57. The number of nitrogens with one attached hydrogen (secondary N) is 1. The minimum Gasteiger partial charge on any atom is -0.496 e. The van der Waals surface area contributed by atoms with Gasteiger partial charge in [-0.2, -0.15) is 13.2 Å². The Kier molecular flexibility index (Phi) is 7.78. The van der Waals surface area contributed by atoms with Crippen LogP contribution in [0.3, 0.4) is 0 Å². The number of halogens is 5. The molecule has 2 rings (SSSR count). The van der Waals surface area contributed by atoms with Crippen molar-refractivity contribution in [3.63, 3.8) is 0 Å². The predicted octanol–water partition coefficient (Wildman–Crippen LogP) is 5.78. The highest BCUT2D eigenvalue weighted by Gasteiger charge is 2.38. The average Bonchev–Trinajstić information content (AvgIpc) is 2.64. The van der Waals surface area contributed by atoms with Gasteiger partial charge in [0.2, 0.25) is 0 Å². The van der Waals surface area contributed by atoms with Gasteiger partial charge >= 0.3 is 12.1 Å². The molecule has 1 amide bonds. The Bertz CT molecular complexity index is 847. The van der Waals surface area contributed by atoms with Gasteiger partial charge in [-0.15, -0.1) is 0 Å². The van der Waals surface area contributed by atoms with Crippen LogP contribution in [0.15, 0.2) is 36.4 Å². The van der Waals surface area contributed by atoms with Crippen molar-refractivity contribution in [2.75, 3.05) is 13.7 Å². The van der Waals surface area contributed by atoms with E-state index >= 15 is 0 Å². The molecule has 8 heteroatoms.